The molecule has 0 aliphatic rings. The van der Waals surface area contributed by atoms with Gasteiger partial charge in [-0.3, -0.25) is 18.7 Å². The van der Waals surface area contributed by atoms with Crippen LogP contribution in [0.3, 0.4) is 0 Å². The summed E-state index contributed by atoms with van der Waals surface area (Å²) in [5, 5.41) is 3.06. The summed E-state index contributed by atoms with van der Waals surface area (Å²) in [6, 6.07) is 0. The molecule has 2 aromatic rings. The number of alkyl halides is 1. The zero-order valence-electron chi connectivity index (χ0n) is 14.2. The summed E-state index contributed by atoms with van der Waals surface area (Å²) in [6.07, 6.45) is 2.41. The van der Waals surface area contributed by atoms with Gasteiger partial charge in [-0.1, -0.05) is 13.8 Å². The molecule has 2 aromatic heterocycles. The van der Waals surface area contributed by atoms with Crippen LogP contribution in [0.4, 0.5) is 5.69 Å². The molecule has 7 nitrogen and oxygen atoms in total. The van der Waals surface area contributed by atoms with E-state index in [9.17, 15) is 14.4 Å². The van der Waals surface area contributed by atoms with Crippen molar-refractivity contribution in [2.75, 3.05) is 11.2 Å². The van der Waals surface area contributed by atoms with Gasteiger partial charge in [0.05, 0.1) is 5.69 Å². The SMILES string of the molecule is CC(C)c1cnc2c(c1NC(=O)CCCCl)c(=O)n(C)c(=O)n2C. The molecule has 2 rings (SSSR count). The molecule has 8 heteroatoms. The Morgan fingerprint density at radius 3 is 2.54 bits per heavy atom. The van der Waals surface area contributed by atoms with Crippen LogP contribution >= 0.6 is 11.6 Å². The van der Waals surface area contributed by atoms with Crippen molar-refractivity contribution < 1.29 is 4.79 Å². The van der Waals surface area contributed by atoms with Crippen LogP contribution in [-0.2, 0) is 18.9 Å². The molecule has 24 heavy (non-hydrogen) atoms. The Bertz CT molecular complexity index is 899. The lowest BCUT2D eigenvalue weighted by atomic mass is 10.0. The molecule has 0 unspecified atom stereocenters. The van der Waals surface area contributed by atoms with Gasteiger partial charge in [0, 0.05) is 32.6 Å². The van der Waals surface area contributed by atoms with Crippen molar-refractivity contribution in [2.24, 2.45) is 14.1 Å². The van der Waals surface area contributed by atoms with E-state index < -0.39 is 11.2 Å². The molecule has 1 amide bonds. The number of hydrogen-bond acceptors (Lipinski definition) is 4. The molecule has 0 aliphatic heterocycles. The molecule has 0 bridgehead atoms. The van der Waals surface area contributed by atoms with Crippen molar-refractivity contribution in [3.8, 4) is 0 Å². The van der Waals surface area contributed by atoms with Gasteiger partial charge >= 0.3 is 5.69 Å². The number of carbonyl (C=O) groups is 1. The molecular weight excluding hydrogens is 332 g/mol. The third kappa shape index (κ3) is 3.21. The Morgan fingerprint density at radius 2 is 1.96 bits per heavy atom. The van der Waals surface area contributed by atoms with Crippen LogP contribution in [0.2, 0.25) is 0 Å². The average molecular weight is 353 g/mol. The van der Waals surface area contributed by atoms with Crippen molar-refractivity contribution in [2.45, 2.75) is 32.6 Å². The van der Waals surface area contributed by atoms with Gasteiger partial charge in [0.25, 0.3) is 5.56 Å². The Morgan fingerprint density at radius 1 is 1.29 bits per heavy atom. The van der Waals surface area contributed by atoms with Crippen LogP contribution in [0, 0.1) is 0 Å². The van der Waals surface area contributed by atoms with Crippen molar-refractivity contribution in [3.05, 3.63) is 32.6 Å². The summed E-state index contributed by atoms with van der Waals surface area (Å²) >= 11 is 5.63. The summed E-state index contributed by atoms with van der Waals surface area (Å²) < 4.78 is 2.32. The molecule has 0 spiro atoms. The lowest BCUT2D eigenvalue weighted by Crippen LogP contribution is -2.38. The number of rotatable bonds is 5. The second kappa shape index (κ2) is 7.17. The van der Waals surface area contributed by atoms with E-state index in [2.05, 4.69) is 10.3 Å². The van der Waals surface area contributed by atoms with E-state index in [0.717, 1.165) is 10.1 Å². The number of nitrogens with zero attached hydrogens (tertiary/aromatic N) is 3. The number of fused-ring (bicyclic) bond motifs is 1. The van der Waals surface area contributed by atoms with Crippen LogP contribution in [0.5, 0.6) is 0 Å². The van der Waals surface area contributed by atoms with E-state index in [-0.39, 0.29) is 29.3 Å². The predicted molar refractivity (Wildman–Crippen MR) is 94.9 cm³/mol. The first-order valence-corrected chi connectivity index (χ1v) is 8.27. The van der Waals surface area contributed by atoms with Gasteiger partial charge in [0.1, 0.15) is 5.39 Å². The number of pyridine rings is 1. The fraction of sp³-hybridized carbons (Fsp3) is 0.500. The van der Waals surface area contributed by atoms with E-state index in [1.807, 2.05) is 13.8 Å². The number of carbonyl (C=O) groups excluding carboxylic acids is 1. The zero-order valence-corrected chi connectivity index (χ0v) is 15.0. The first-order valence-electron chi connectivity index (χ1n) is 7.74. The highest BCUT2D eigenvalue weighted by molar-refractivity contribution is 6.18. The van der Waals surface area contributed by atoms with Crippen LogP contribution in [0.25, 0.3) is 11.0 Å². The number of anilines is 1. The zero-order chi connectivity index (χ0) is 18.0. The Hall–Kier alpha value is -2.15. The number of amides is 1. The lowest BCUT2D eigenvalue weighted by Gasteiger charge is -2.17. The lowest BCUT2D eigenvalue weighted by molar-refractivity contribution is -0.116. The fourth-order valence-corrected chi connectivity index (χ4v) is 2.68. The van der Waals surface area contributed by atoms with Crippen LogP contribution in [0.15, 0.2) is 15.8 Å². The maximum absolute atomic E-state index is 12.6. The summed E-state index contributed by atoms with van der Waals surface area (Å²) in [6.45, 7) is 3.90. The van der Waals surface area contributed by atoms with Crippen molar-refractivity contribution in [1.82, 2.24) is 14.1 Å². The first kappa shape index (κ1) is 18.2. The molecular formula is C16H21ClN4O3. The smallest absolute Gasteiger partial charge is 0.325 e. The van der Waals surface area contributed by atoms with Crippen molar-refractivity contribution in [3.63, 3.8) is 0 Å². The van der Waals surface area contributed by atoms with Gasteiger partial charge in [-0.25, -0.2) is 9.78 Å². The number of nitrogens with one attached hydrogen (secondary N) is 1. The highest BCUT2D eigenvalue weighted by Crippen LogP contribution is 2.28. The Kier molecular flexibility index (Phi) is 5.43. The van der Waals surface area contributed by atoms with Gasteiger partial charge in [-0.2, -0.15) is 0 Å². The number of hydrogen-bond donors (Lipinski definition) is 1. The molecule has 0 aromatic carbocycles. The van der Waals surface area contributed by atoms with Crippen LogP contribution in [-0.4, -0.2) is 25.9 Å². The number of aromatic nitrogens is 3. The van der Waals surface area contributed by atoms with Crippen LogP contribution < -0.4 is 16.6 Å². The summed E-state index contributed by atoms with van der Waals surface area (Å²) in [4.78, 5) is 41.2. The standard InChI is InChI=1S/C16H21ClN4O3/c1-9(2)10-8-18-14-12(13(10)19-11(22)6-5-7-17)15(23)21(4)16(24)20(14)3/h8-9H,5-7H2,1-4H3,(H,18,19,22). The highest BCUT2D eigenvalue weighted by atomic mass is 35.5. The van der Waals surface area contributed by atoms with E-state index in [1.165, 1.54) is 11.6 Å². The van der Waals surface area contributed by atoms with Gasteiger partial charge in [-0.15, -0.1) is 11.6 Å². The van der Waals surface area contributed by atoms with Gasteiger partial charge < -0.3 is 5.32 Å². The second-order valence-electron chi connectivity index (χ2n) is 5.99. The minimum absolute atomic E-state index is 0.0483. The molecule has 0 saturated heterocycles. The largest absolute Gasteiger partial charge is 0.332 e. The molecule has 0 aliphatic carbocycles. The minimum atomic E-state index is -0.476. The maximum atomic E-state index is 12.6. The van der Waals surface area contributed by atoms with Gasteiger partial charge in [0.2, 0.25) is 5.91 Å². The highest BCUT2D eigenvalue weighted by Gasteiger charge is 2.20. The molecule has 0 atom stereocenters. The molecule has 130 valence electrons. The normalized spacial score (nSPS) is 11.2. The molecule has 0 saturated carbocycles. The van der Waals surface area contributed by atoms with Crippen molar-refractivity contribution >= 4 is 34.2 Å². The van der Waals surface area contributed by atoms with E-state index in [4.69, 9.17) is 11.6 Å². The van der Waals surface area contributed by atoms with Gasteiger partial charge in [-0.05, 0) is 17.9 Å². The van der Waals surface area contributed by atoms with E-state index in [0.29, 0.717) is 18.0 Å². The predicted octanol–water partition coefficient (Wildman–Crippen LogP) is 1.71. The topological polar surface area (TPSA) is 86.0 Å². The van der Waals surface area contributed by atoms with E-state index >= 15 is 0 Å². The Labute approximate surface area is 144 Å². The third-order valence-corrected chi connectivity index (χ3v) is 4.19. The van der Waals surface area contributed by atoms with Crippen molar-refractivity contribution in [1.29, 1.82) is 0 Å². The minimum Gasteiger partial charge on any atom is -0.325 e. The fourth-order valence-electron chi connectivity index (χ4n) is 2.54. The summed E-state index contributed by atoms with van der Waals surface area (Å²) in [5.41, 5.74) is 0.482. The molecule has 1 N–H and O–H groups in total. The third-order valence-electron chi connectivity index (χ3n) is 3.92. The number of halogens is 1. The molecule has 0 radical (unpaired) electrons. The first-order chi connectivity index (χ1) is 11.3. The second-order valence-corrected chi connectivity index (χ2v) is 6.37. The quantitative estimate of drug-likeness (QED) is 0.830. The average Bonchev–Trinajstić information content (AvgIpc) is 2.55. The molecule has 0 fully saturated rings. The Balaban J connectivity index is 2.78. The molecule has 2 heterocycles. The summed E-state index contributed by atoms with van der Waals surface area (Å²) in [7, 11) is 2.95. The summed E-state index contributed by atoms with van der Waals surface area (Å²) in [5.74, 6) is 0.214. The number of aryl methyl sites for hydroxylation is 1. The monoisotopic (exact) mass is 352 g/mol. The van der Waals surface area contributed by atoms with Gasteiger partial charge in [0.15, 0.2) is 5.65 Å². The van der Waals surface area contributed by atoms with Crippen LogP contribution in [0.1, 0.15) is 38.2 Å². The maximum Gasteiger partial charge on any atom is 0.332 e. The van der Waals surface area contributed by atoms with E-state index in [1.54, 1.807) is 13.2 Å².